The number of thiophene rings is 1. The van der Waals surface area contributed by atoms with E-state index in [1.54, 1.807) is 6.07 Å². The quantitative estimate of drug-likeness (QED) is 0.786. The topological polar surface area (TPSA) is 32.3 Å². The van der Waals surface area contributed by atoms with Crippen molar-refractivity contribution in [3.8, 4) is 0 Å². The summed E-state index contributed by atoms with van der Waals surface area (Å²) in [5.41, 5.74) is 5.79. The van der Waals surface area contributed by atoms with Gasteiger partial charge in [0.1, 0.15) is 0 Å². The summed E-state index contributed by atoms with van der Waals surface area (Å²) in [5.74, 6) is 1.06. The Labute approximate surface area is 163 Å². The zero-order chi connectivity index (χ0) is 18.8. The standard InChI is InChI=1S/C22H25FN2OS/c1-13-5-17(25-4-3-16-7-19(23)27-18(16)12-25)6-14(2)21(13)24-20(26)11-22-8-15(9-22)10-22/h5-7,15H,3-4,8-12H2,1-2H3,(H,24,26). The number of halogens is 1. The van der Waals surface area contributed by atoms with Gasteiger partial charge in [0.05, 0.1) is 6.54 Å². The lowest BCUT2D eigenvalue weighted by molar-refractivity contribution is -0.139. The Morgan fingerprint density at radius 2 is 1.96 bits per heavy atom. The maximum absolute atomic E-state index is 13.5. The minimum absolute atomic E-state index is 0.0871. The molecule has 4 aliphatic rings. The Bertz CT molecular complexity index is 894. The summed E-state index contributed by atoms with van der Waals surface area (Å²) in [4.78, 5) is 16.0. The second kappa shape index (κ2) is 6.06. The highest BCUT2D eigenvalue weighted by molar-refractivity contribution is 7.10. The van der Waals surface area contributed by atoms with Gasteiger partial charge in [-0.25, -0.2) is 0 Å². The van der Waals surface area contributed by atoms with Crippen molar-refractivity contribution >= 4 is 28.6 Å². The minimum Gasteiger partial charge on any atom is -0.366 e. The Hall–Kier alpha value is -1.88. The number of nitrogens with one attached hydrogen (secondary N) is 1. The molecule has 0 spiro atoms. The molecule has 0 unspecified atom stereocenters. The third-order valence-corrected chi connectivity index (χ3v) is 7.65. The summed E-state index contributed by atoms with van der Waals surface area (Å²) in [6.45, 7) is 5.79. The number of carbonyl (C=O) groups excluding carboxylic acids is 1. The SMILES string of the molecule is Cc1cc(N2CCc3cc(F)sc3C2)cc(C)c1NC(=O)CC12CC(C1)C2. The minimum atomic E-state index is -0.0871. The van der Waals surface area contributed by atoms with E-state index in [4.69, 9.17) is 0 Å². The van der Waals surface area contributed by atoms with E-state index in [1.165, 1.54) is 30.6 Å². The van der Waals surface area contributed by atoms with Gasteiger partial charge in [0.15, 0.2) is 5.13 Å². The molecule has 3 aliphatic carbocycles. The van der Waals surface area contributed by atoms with Gasteiger partial charge in [-0.05, 0) is 85.8 Å². The van der Waals surface area contributed by atoms with Gasteiger partial charge in [0.2, 0.25) is 5.91 Å². The number of nitrogens with zero attached hydrogens (tertiary/aromatic N) is 1. The summed E-state index contributed by atoms with van der Waals surface area (Å²) in [5, 5.41) is 3.08. The largest absolute Gasteiger partial charge is 0.366 e. The van der Waals surface area contributed by atoms with Gasteiger partial charge in [-0.3, -0.25) is 4.79 Å². The van der Waals surface area contributed by atoms with Gasteiger partial charge < -0.3 is 10.2 Å². The third kappa shape index (κ3) is 2.96. The molecular formula is C22H25FN2OS. The van der Waals surface area contributed by atoms with Gasteiger partial charge >= 0.3 is 0 Å². The van der Waals surface area contributed by atoms with E-state index < -0.39 is 0 Å². The van der Waals surface area contributed by atoms with Crippen LogP contribution in [0.4, 0.5) is 15.8 Å². The van der Waals surface area contributed by atoms with Crippen molar-refractivity contribution in [3.63, 3.8) is 0 Å². The number of aryl methyl sites for hydroxylation is 2. The van der Waals surface area contributed by atoms with Crippen LogP contribution in [0.5, 0.6) is 0 Å². The van der Waals surface area contributed by atoms with E-state index in [1.807, 2.05) is 0 Å². The predicted molar refractivity (Wildman–Crippen MR) is 108 cm³/mol. The molecule has 0 saturated heterocycles. The normalized spacial score (nSPS) is 25.4. The van der Waals surface area contributed by atoms with E-state index in [0.717, 1.165) is 58.4 Å². The van der Waals surface area contributed by atoms with Gasteiger partial charge in [-0.15, -0.1) is 11.3 Å². The Morgan fingerprint density at radius 3 is 2.59 bits per heavy atom. The molecule has 142 valence electrons. The van der Waals surface area contributed by atoms with Crippen LogP contribution in [0.1, 0.15) is 47.3 Å². The summed E-state index contributed by atoms with van der Waals surface area (Å²) in [6.07, 6.45) is 5.30. The van der Waals surface area contributed by atoms with Gasteiger partial charge in [-0.1, -0.05) is 0 Å². The average molecular weight is 385 g/mol. The molecule has 0 atom stereocenters. The smallest absolute Gasteiger partial charge is 0.224 e. The Balaban J connectivity index is 1.31. The van der Waals surface area contributed by atoms with Crippen molar-refractivity contribution in [3.05, 3.63) is 44.9 Å². The second-order valence-electron chi connectivity index (χ2n) is 8.83. The lowest BCUT2D eigenvalue weighted by Crippen LogP contribution is -2.53. The molecule has 0 radical (unpaired) electrons. The highest BCUT2D eigenvalue weighted by Gasteiger charge is 2.56. The fourth-order valence-electron chi connectivity index (χ4n) is 5.22. The van der Waals surface area contributed by atoms with Crippen LogP contribution in [0.3, 0.4) is 0 Å². The molecule has 2 bridgehead atoms. The molecule has 5 heteroatoms. The van der Waals surface area contributed by atoms with Crippen LogP contribution in [0.15, 0.2) is 18.2 Å². The first kappa shape index (κ1) is 17.2. The zero-order valence-electron chi connectivity index (χ0n) is 15.9. The maximum Gasteiger partial charge on any atom is 0.224 e. The number of carbonyl (C=O) groups is 1. The number of anilines is 2. The van der Waals surface area contributed by atoms with E-state index in [9.17, 15) is 9.18 Å². The van der Waals surface area contributed by atoms with Crippen molar-refractivity contribution in [1.29, 1.82) is 0 Å². The lowest BCUT2D eigenvalue weighted by Gasteiger charge is -2.61. The number of rotatable bonds is 4. The molecule has 1 aromatic carbocycles. The number of hydrogen-bond donors (Lipinski definition) is 1. The lowest BCUT2D eigenvalue weighted by atomic mass is 9.43. The van der Waals surface area contributed by atoms with Crippen LogP contribution < -0.4 is 10.2 Å². The molecule has 3 fully saturated rings. The van der Waals surface area contributed by atoms with Gasteiger partial charge in [0.25, 0.3) is 0 Å². The van der Waals surface area contributed by atoms with Crippen LogP contribution in [-0.2, 0) is 17.8 Å². The van der Waals surface area contributed by atoms with Crippen molar-refractivity contribution in [2.75, 3.05) is 16.8 Å². The van der Waals surface area contributed by atoms with Crippen LogP contribution in [0.2, 0.25) is 0 Å². The van der Waals surface area contributed by atoms with E-state index in [2.05, 4.69) is 36.2 Å². The van der Waals surface area contributed by atoms with Crippen molar-refractivity contribution in [2.45, 2.75) is 52.5 Å². The molecule has 1 N–H and O–H groups in total. The molecule has 2 aromatic rings. The van der Waals surface area contributed by atoms with Crippen LogP contribution in [0.25, 0.3) is 0 Å². The molecule has 1 aromatic heterocycles. The maximum atomic E-state index is 13.5. The molecule has 27 heavy (non-hydrogen) atoms. The van der Waals surface area contributed by atoms with Crippen LogP contribution in [0, 0.1) is 30.3 Å². The van der Waals surface area contributed by atoms with Gasteiger partial charge in [-0.2, -0.15) is 4.39 Å². The van der Waals surface area contributed by atoms with Crippen LogP contribution >= 0.6 is 11.3 Å². The van der Waals surface area contributed by atoms with Crippen molar-refractivity contribution in [1.82, 2.24) is 0 Å². The first-order valence-corrected chi connectivity index (χ1v) is 10.7. The van der Waals surface area contributed by atoms with Crippen molar-refractivity contribution in [2.24, 2.45) is 11.3 Å². The predicted octanol–water partition coefficient (Wildman–Crippen LogP) is 5.20. The zero-order valence-corrected chi connectivity index (χ0v) is 16.7. The van der Waals surface area contributed by atoms with E-state index >= 15 is 0 Å². The highest BCUT2D eigenvalue weighted by atomic mass is 32.1. The summed E-state index contributed by atoms with van der Waals surface area (Å²) in [6, 6.07) is 5.98. The number of benzene rings is 1. The average Bonchev–Trinajstić information content (AvgIpc) is 2.92. The van der Waals surface area contributed by atoms with Gasteiger partial charge in [0, 0.05) is 29.2 Å². The molecule has 1 aliphatic heterocycles. The molecule has 2 heterocycles. The van der Waals surface area contributed by atoms with E-state index in [-0.39, 0.29) is 11.0 Å². The van der Waals surface area contributed by atoms with Crippen LogP contribution in [-0.4, -0.2) is 12.5 Å². The number of amides is 1. The molecule has 3 nitrogen and oxygen atoms in total. The monoisotopic (exact) mass is 384 g/mol. The molecular weight excluding hydrogens is 359 g/mol. The summed E-state index contributed by atoms with van der Waals surface area (Å²) < 4.78 is 13.5. The first-order valence-electron chi connectivity index (χ1n) is 9.84. The second-order valence-corrected chi connectivity index (χ2v) is 9.92. The number of hydrogen-bond acceptors (Lipinski definition) is 3. The molecule has 3 saturated carbocycles. The molecule has 6 rings (SSSR count). The highest BCUT2D eigenvalue weighted by Crippen LogP contribution is 2.66. The first-order chi connectivity index (χ1) is 12.9. The fraction of sp³-hybridized carbons (Fsp3) is 0.500. The summed E-state index contributed by atoms with van der Waals surface area (Å²) in [7, 11) is 0. The van der Waals surface area contributed by atoms with Crippen molar-refractivity contribution < 1.29 is 9.18 Å². The Kier molecular flexibility index (Phi) is 3.87. The third-order valence-electron chi connectivity index (χ3n) is 6.70. The van der Waals surface area contributed by atoms with E-state index in [0.29, 0.717) is 11.8 Å². The Morgan fingerprint density at radius 1 is 1.26 bits per heavy atom. The number of fused-ring (bicyclic) bond motifs is 1. The summed E-state index contributed by atoms with van der Waals surface area (Å²) >= 11 is 1.26. The molecule has 1 amide bonds. The fourth-order valence-corrected chi connectivity index (χ4v) is 6.17.